The highest BCUT2D eigenvalue weighted by molar-refractivity contribution is 5.87. The van der Waals surface area contributed by atoms with Crippen molar-refractivity contribution in [3.63, 3.8) is 0 Å². The van der Waals surface area contributed by atoms with E-state index in [1.165, 1.54) is 51.4 Å². The maximum absolute atomic E-state index is 13.0. The molecule has 1 N–H and O–H groups in total. The van der Waals surface area contributed by atoms with Crippen LogP contribution in [0.2, 0.25) is 0 Å². The molecule has 0 heterocycles. The number of aromatic hydroxyl groups is 1. The van der Waals surface area contributed by atoms with Crippen molar-refractivity contribution in [2.24, 2.45) is 50.2 Å². The fraction of sp³-hybridized carbons (Fsp3) is 0.718. The molecule has 0 radical (unpaired) electrons. The Kier molecular flexibility index (Phi) is 6.96. The van der Waals surface area contributed by atoms with E-state index in [2.05, 4.69) is 61.5 Å². The molecule has 0 amide bonds. The summed E-state index contributed by atoms with van der Waals surface area (Å²) in [5.41, 5.74) is 4.41. The lowest BCUT2D eigenvalue weighted by Gasteiger charge is -2.70. The number of phenols is 1. The number of benzene rings is 1. The molecule has 1 aromatic carbocycles. The maximum Gasteiger partial charge on any atom is 0.331 e. The third-order valence-corrected chi connectivity index (χ3v) is 14.2. The van der Waals surface area contributed by atoms with Gasteiger partial charge in [-0.3, -0.25) is 0 Å². The van der Waals surface area contributed by atoms with E-state index in [1.807, 2.05) is 5.57 Å². The SMILES string of the molecule is CC1(C)CC[C@]2(C)CC=C3[C@]4(C)CC[C@H]5C(C)(C)[C@H](OC(=O)C=Cc6ccc(O)cc6)CC[C@]5(C)[C@H]4CC[C@@]3(C)[C@@H]2C1. The Labute approximate surface area is 255 Å². The van der Waals surface area contributed by atoms with E-state index in [0.29, 0.717) is 28.1 Å². The van der Waals surface area contributed by atoms with E-state index in [0.717, 1.165) is 24.3 Å². The maximum atomic E-state index is 13.0. The van der Waals surface area contributed by atoms with Crippen LogP contribution in [0.4, 0.5) is 0 Å². The van der Waals surface area contributed by atoms with Crippen LogP contribution in [0, 0.1) is 50.2 Å². The summed E-state index contributed by atoms with van der Waals surface area (Å²) in [5, 5.41) is 9.54. The number of carbonyl (C=O) groups is 1. The zero-order valence-electron chi connectivity index (χ0n) is 27.7. The van der Waals surface area contributed by atoms with Crippen LogP contribution in [0.25, 0.3) is 6.08 Å². The second kappa shape index (κ2) is 9.73. The molecule has 4 fully saturated rings. The number of fused-ring (bicyclic) bond motifs is 7. The lowest BCUT2D eigenvalue weighted by molar-refractivity contribution is -0.197. The molecule has 3 nitrogen and oxygen atoms in total. The van der Waals surface area contributed by atoms with Crippen LogP contribution in [0.15, 0.2) is 42.0 Å². The van der Waals surface area contributed by atoms with E-state index in [4.69, 9.17) is 4.74 Å². The molecule has 0 spiro atoms. The lowest BCUT2D eigenvalue weighted by Crippen LogP contribution is -2.63. The molecule has 0 saturated heterocycles. The summed E-state index contributed by atoms with van der Waals surface area (Å²) in [4.78, 5) is 13.0. The summed E-state index contributed by atoms with van der Waals surface area (Å²) < 4.78 is 6.21. The Balaban J connectivity index is 1.23. The summed E-state index contributed by atoms with van der Waals surface area (Å²) >= 11 is 0. The van der Waals surface area contributed by atoms with Gasteiger partial charge in [-0.05, 0) is 133 Å². The predicted octanol–water partition coefficient (Wildman–Crippen LogP) is 10.1. The molecule has 4 saturated carbocycles. The lowest BCUT2D eigenvalue weighted by atomic mass is 9.34. The Bertz CT molecular complexity index is 1280. The average Bonchev–Trinajstić information content (AvgIpc) is 2.90. The molecule has 5 aliphatic rings. The zero-order chi connectivity index (χ0) is 30.3. The van der Waals surface area contributed by atoms with Gasteiger partial charge in [-0.2, -0.15) is 0 Å². The van der Waals surface area contributed by atoms with Crippen molar-refractivity contribution in [2.45, 2.75) is 126 Å². The fourth-order valence-electron chi connectivity index (χ4n) is 12.0. The minimum absolute atomic E-state index is 0.0650. The number of rotatable bonds is 3. The van der Waals surface area contributed by atoms with Gasteiger partial charge in [-0.25, -0.2) is 4.79 Å². The van der Waals surface area contributed by atoms with Gasteiger partial charge in [0.2, 0.25) is 0 Å². The number of hydrogen-bond donors (Lipinski definition) is 1. The average molecular weight is 573 g/mol. The van der Waals surface area contributed by atoms with Gasteiger partial charge in [0, 0.05) is 11.5 Å². The zero-order valence-corrected chi connectivity index (χ0v) is 27.7. The minimum Gasteiger partial charge on any atom is -0.508 e. The van der Waals surface area contributed by atoms with Crippen LogP contribution >= 0.6 is 0 Å². The number of hydrogen-bond acceptors (Lipinski definition) is 3. The fourth-order valence-corrected chi connectivity index (χ4v) is 12.0. The van der Waals surface area contributed by atoms with Gasteiger partial charge in [0.1, 0.15) is 11.9 Å². The Morgan fingerprint density at radius 3 is 2.14 bits per heavy atom. The van der Waals surface area contributed by atoms with E-state index in [9.17, 15) is 9.90 Å². The summed E-state index contributed by atoms with van der Waals surface area (Å²) in [6.45, 7) is 20.3. The summed E-state index contributed by atoms with van der Waals surface area (Å²) in [7, 11) is 0. The molecule has 0 unspecified atom stereocenters. The second-order valence-corrected chi connectivity index (χ2v) is 17.6. The molecular formula is C39H56O3. The van der Waals surface area contributed by atoms with E-state index >= 15 is 0 Å². The summed E-state index contributed by atoms with van der Waals surface area (Å²) in [6, 6.07) is 6.89. The van der Waals surface area contributed by atoms with Crippen molar-refractivity contribution in [3.05, 3.63) is 47.6 Å². The van der Waals surface area contributed by atoms with Gasteiger partial charge in [0.15, 0.2) is 0 Å². The van der Waals surface area contributed by atoms with Crippen LogP contribution in [0.5, 0.6) is 5.75 Å². The number of carbonyl (C=O) groups excluding carboxylic acids is 1. The monoisotopic (exact) mass is 572 g/mol. The summed E-state index contributed by atoms with van der Waals surface area (Å²) in [6.07, 6.45) is 18.6. The van der Waals surface area contributed by atoms with Crippen molar-refractivity contribution in [3.8, 4) is 5.75 Å². The highest BCUT2D eigenvalue weighted by atomic mass is 16.5. The Morgan fingerprint density at radius 1 is 0.810 bits per heavy atom. The molecular weight excluding hydrogens is 516 g/mol. The Hall–Kier alpha value is -2.03. The third kappa shape index (κ3) is 4.54. The van der Waals surface area contributed by atoms with Crippen molar-refractivity contribution in [2.75, 3.05) is 0 Å². The molecule has 230 valence electrons. The second-order valence-electron chi connectivity index (χ2n) is 17.6. The molecule has 0 aliphatic heterocycles. The first-order chi connectivity index (χ1) is 19.5. The highest BCUT2D eigenvalue weighted by Crippen LogP contribution is 2.75. The molecule has 8 atom stereocenters. The largest absolute Gasteiger partial charge is 0.508 e. The first-order valence-electron chi connectivity index (χ1n) is 16.9. The van der Waals surface area contributed by atoms with Crippen molar-refractivity contribution < 1.29 is 14.6 Å². The normalized spacial score (nSPS) is 43.8. The smallest absolute Gasteiger partial charge is 0.331 e. The van der Waals surface area contributed by atoms with Gasteiger partial charge in [-0.15, -0.1) is 0 Å². The molecule has 5 aliphatic carbocycles. The first kappa shape index (κ1) is 30.0. The topological polar surface area (TPSA) is 46.5 Å². The van der Waals surface area contributed by atoms with Gasteiger partial charge >= 0.3 is 5.97 Å². The molecule has 0 aromatic heterocycles. The minimum atomic E-state index is -0.260. The van der Waals surface area contributed by atoms with Gasteiger partial charge in [0.05, 0.1) is 0 Å². The number of esters is 1. The standard InChI is InChI=1S/C39H56O3/c1-34(2)23-24-36(5)19-15-29-38(7)20-16-28-35(3,4)32(42-33(41)14-11-26-9-12-27(40)13-10-26)18-22-37(28,6)30(38)17-21-39(29,8)31(36)25-34/h9-15,28,30-32,40H,16-25H2,1-8H3/t28-,30+,31+,32+,36-,37-,38-,39+/m0/s1. The number of allylic oxidation sites excluding steroid dienone is 2. The first-order valence-corrected chi connectivity index (χ1v) is 16.9. The van der Waals surface area contributed by atoms with Crippen molar-refractivity contribution in [1.29, 1.82) is 0 Å². The predicted molar refractivity (Wildman–Crippen MR) is 172 cm³/mol. The number of phenolic OH excluding ortho intramolecular Hbond substituents is 1. The third-order valence-electron chi connectivity index (χ3n) is 14.2. The van der Waals surface area contributed by atoms with Crippen LogP contribution in [0.1, 0.15) is 125 Å². The van der Waals surface area contributed by atoms with Gasteiger partial charge in [0.25, 0.3) is 0 Å². The van der Waals surface area contributed by atoms with E-state index in [-0.39, 0.29) is 34.1 Å². The molecule has 42 heavy (non-hydrogen) atoms. The molecule has 1 aromatic rings. The van der Waals surface area contributed by atoms with Gasteiger partial charge < -0.3 is 9.84 Å². The van der Waals surface area contributed by atoms with E-state index in [1.54, 1.807) is 36.4 Å². The highest BCUT2D eigenvalue weighted by Gasteiger charge is 2.67. The van der Waals surface area contributed by atoms with Gasteiger partial charge in [-0.1, -0.05) is 79.2 Å². The van der Waals surface area contributed by atoms with E-state index < -0.39 is 0 Å². The van der Waals surface area contributed by atoms with Crippen LogP contribution in [-0.4, -0.2) is 17.2 Å². The van der Waals surface area contributed by atoms with Crippen molar-refractivity contribution >= 4 is 12.0 Å². The Morgan fingerprint density at radius 2 is 1.45 bits per heavy atom. The summed E-state index contributed by atoms with van der Waals surface area (Å²) in [5.74, 6) is 1.99. The molecule has 3 heteroatoms. The molecule has 6 rings (SSSR count). The van der Waals surface area contributed by atoms with Crippen LogP contribution < -0.4 is 0 Å². The molecule has 0 bridgehead atoms. The quantitative estimate of drug-likeness (QED) is 0.223. The van der Waals surface area contributed by atoms with Crippen LogP contribution in [0.3, 0.4) is 0 Å². The van der Waals surface area contributed by atoms with Crippen LogP contribution in [-0.2, 0) is 9.53 Å². The number of ether oxygens (including phenoxy) is 1. The van der Waals surface area contributed by atoms with Crippen molar-refractivity contribution in [1.82, 2.24) is 0 Å².